The van der Waals surface area contributed by atoms with E-state index >= 15 is 0 Å². The number of aromatic nitrogens is 1. The molecule has 8 nitrogen and oxygen atoms in total. The number of carbonyl (C=O) groups is 3. The Morgan fingerprint density at radius 1 is 0.919 bits per heavy atom. The largest absolute Gasteiger partial charge is 0.492 e. The SMILES string of the molecule is Cc1cc(C(=O)/C=C/n2ccc3ccccc32)cc(C)c1OCCN1CCCC1.O=C(O)/C=C/C(=O)O. The molecule has 0 radical (unpaired) electrons. The van der Waals surface area contributed by atoms with Crippen molar-refractivity contribution in [2.24, 2.45) is 0 Å². The van der Waals surface area contributed by atoms with Gasteiger partial charge in [0.2, 0.25) is 0 Å². The van der Waals surface area contributed by atoms with Crippen LogP contribution in [0.15, 0.2) is 66.9 Å². The van der Waals surface area contributed by atoms with E-state index in [9.17, 15) is 14.4 Å². The van der Waals surface area contributed by atoms with Gasteiger partial charge in [-0.2, -0.15) is 0 Å². The number of nitrogens with zero attached hydrogens (tertiary/aromatic N) is 2. The van der Waals surface area contributed by atoms with Gasteiger partial charge in [0, 0.05) is 42.7 Å². The number of hydrogen-bond donors (Lipinski definition) is 2. The summed E-state index contributed by atoms with van der Waals surface area (Å²) in [6, 6.07) is 14.0. The Morgan fingerprint density at radius 3 is 2.16 bits per heavy atom. The third kappa shape index (κ3) is 8.18. The molecule has 0 unspecified atom stereocenters. The van der Waals surface area contributed by atoms with Gasteiger partial charge in [-0.1, -0.05) is 18.2 Å². The molecule has 0 aliphatic carbocycles. The van der Waals surface area contributed by atoms with E-state index in [1.807, 2.05) is 67.2 Å². The van der Waals surface area contributed by atoms with Gasteiger partial charge >= 0.3 is 11.9 Å². The zero-order valence-electron chi connectivity index (χ0n) is 21.1. The number of rotatable bonds is 9. The Morgan fingerprint density at radius 2 is 1.54 bits per heavy atom. The average Bonchev–Trinajstić information content (AvgIpc) is 3.53. The first kappa shape index (κ1) is 27.4. The molecule has 1 aliphatic heterocycles. The number of likely N-dealkylation sites (tertiary alicyclic amines) is 1. The minimum Gasteiger partial charge on any atom is -0.492 e. The highest BCUT2D eigenvalue weighted by Crippen LogP contribution is 2.25. The molecule has 8 heteroatoms. The fourth-order valence-electron chi connectivity index (χ4n) is 4.22. The minimum atomic E-state index is -1.26. The van der Waals surface area contributed by atoms with Crippen LogP contribution < -0.4 is 4.74 Å². The number of carboxylic acid groups (broad SMARTS) is 2. The lowest BCUT2D eigenvalue weighted by molar-refractivity contribution is -0.134. The zero-order chi connectivity index (χ0) is 26.8. The maximum absolute atomic E-state index is 12.7. The predicted molar refractivity (Wildman–Crippen MR) is 143 cm³/mol. The van der Waals surface area contributed by atoms with E-state index in [-0.39, 0.29) is 5.78 Å². The van der Waals surface area contributed by atoms with Crippen LogP contribution in [-0.2, 0) is 9.59 Å². The Bertz CT molecular complexity index is 1280. The lowest BCUT2D eigenvalue weighted by atomic mass is 10.0. The number of benzene rings is 2. The maximum Gasteiger partial charge on any atom is 0.328 e. The molecular formula is C29H32N2O6. The molecular weight excluding hydrogens is 472 g/mol. The molecule has 0 spiro atoms. The second kappa shape index (κ2) is 13.2. The number of allylic oxidation sites excluding steroid dienone is 1. The number of ether oxygens (including phenoxy) is 1. The summed E-state index contributed by atoms with van der Waals surface area (Å²) < 4.78 is 8.03. The van der Waals surface area contributed by atoms with Crippen LogP contribution in [0.25, 0.3) is 17.1 Å². The van der Waals surface area contributed by atoms with Crippen molar-refractivity contribution in [1.29, 1.82) is 0 Å². The third-order valence-electron chi connectivity index (χ3n) is 5.98. The van der Waals surface area contributed by atoms with Crippen molar-refractivity contribution in [2.75, 3.05) is 26.2 Å². The van der Waals surface area contributed by atoms with E-state index in [2.05, 4.69) is 11.0 Å². The number of carbonyl (C=O) groups excluding carboxylic acids is 1. The summed E-state index contributed by atoms with van der Waals surface area (Å²) in [5.41, 5.74) is 3.80. The van der Waals surface area contributed by atoms with Crippen LogP contribution in [0.2, 0.25) is 0 Å². The summed E-state index contributed by atoms with van der Waals surface area (Å²) in [5.74, 6) is -1.61. The Kier molecular flexibility index (Phi) is 9.80. The van der Waals surface area contributed by atoms with Crippen LogP contribution in [0.5, 0.6) is 5.75 Å². The average molecular weight is 505 g/mol. The number of para-hydroxylation sites is 1. The number of ketones is 1. The van der Waals surface area contributed by atoms with Crippen molar-refractivity contribution in [1.82, 2.24) is 9.47 Å². The molecule has 194 valence electrons. The lowest BCUT2D eigenvalue weighted by Crippen LogP contribution is -2.25. The fraction of sp³-hybridized carbons (Fsp3) is 0.276. The standard InChI is InChI=1S/C25H28N2O2.C4H4O4/c1-19-17-22(18-20(2)25(19)29-16-15-26-11-5-6-12-26)24(28)10-14-27-13-9-21-7-3-4-8-23(21)27;5-3(6)1-2-4(7)8/h3-4,7-10,13-14,17-18H,5-6,11-12,15-16H2,1-2H3;1-2H,(H,5,6)(H,7,8)/b14-10+;2-1+. The molecule has 0 bridgehead atoms. The van der Waals surface area contributed by atoms with Crippen molar-refractivity contribution in [3.05, 3.63) is 83.6 Å². The highest BCUT2D eigenvalue weighted by atomic mass is 16.5. The number of aryl methyl sites for hydroxylation is 2. The summed E-state index contributed by atoms with van der Waals surface area (Å²) in [5, 5.41) is 16.8. The summed E-state index contributed by atoms with van der Waals surface area (Å²) in [6.45, 7) is 8.04. The van der Waals surface area contributed by atoms with Gasteiger partial charge in [0.25, 0.3) is 0 Å². The van der Waals surface area contributed by atoms with Gasteiger partial charge in [0.05, 0.1) is 5.52 Å². The van der Waals surface area contributed by atoms with E-state index in [0.29, 0.717) is 24.3 Å². The van der Waals surface area contributed by atoms with E-state index < -0.39 is 11.9 Å². The van der Waals surface area contributed by atoms with Gasteiger partial charge in [-0.15, -0.1) is 0 Å². The van der Waals surface area contributed by atoms with Crippen LogP contribution in [-0.4, -0.2) is 63.6 Å². The first-order chi connectivity index (χ1) is 17.7. The Labute approximate surface area is 216 Å². The van der Waals surface area contributed by atoms with E-state index in [1.165, 1.54) is 25.9 Å². The van der Waals surface area contributed by atoms with Crippen molar-refractivity contribution in [2.45, 2.75) is 26.7 Å². The molecule has 3 aromatic rings. The molecule has 4 rings (SSSR count). The second-order valence-corrected chi connectivity index (χ2v) is 8.81. The zero-order valence-corrected chi connectivity index (χ0v) is 21.1. The monoisotopic (exact) mass is 504 g/mol. The van der Waals surface area contributed by atoms with Crippen LogP contribution in [0.3, 0.4) is 0 Å². The van der Waals surface area contributed by atoms with Crippen LogP contribution in [0, 0.1) is 13.8 Å². The molecule has 2 heterocycles. The van der Waals surface area contributed by atoms with E-state index in [4.69, 9.17) is 14.9 Å². The molecule has 2 aromatic carbocycles. The van der Waals surface area contributed by atoms with E-state index in [0.717, 1.165) is 34.3 Å². The highest BCUT2D eigenvalue weighted by molar-refractivity contribution is 6.06. The van der Waals surface area contributed by atoms with Crippen LogP contribution in [0.1, 0.15) is 34.3 Å². The molecule has 1 saturated heterocycles. The normalized spacial score (nSPS) is 13.7. The summed E-state index contributed by atoms with van der Waals surface area (Å²) in [6.07, 6.45) is 9.14. The second-order valence-electron chi connectivity index (χ2n) is 8.81. The first-order valence-corrected chi connectivity index (χ1v) is 12.1. The Hall–Kier alpha value is -4.17. The van der Waals surface area contributed by atoms with Crippen molar-refractivity contribution in [3.63, 3.8) is 0 Å². The van der Waals surface area contributed by atoms with Gasteiger partial charge in [-0.25, -0.2) is 9.59 Å². The fourth-order valence-corrected chi connectivity index (χ4v) is 4.22. The van der Waals surface area contributed by atoms with Gasteiger partial charge in [0.15, 0.2) is 5.78 Å². The number of hydrogen-bond acceptors (Lipinski definition) is 5. The van der Waals surface area contributed by atoms with Crippen molar-refractivity contribution < 1.29 is 29.3 Å². The molecule has 1 aliphatic rings. The topological polar surface area (TPSA) is 109 Å². The highest BCUT2D eigenvalue weighted by Gasteiger charge is 2.13. The summed E-state index contributed by atoms with van der Waals surface area (Å²) in [4.78, 5) is 34.3. The summed E-state index contributed by atoms with van der Waals surface area (Å²) in [7, 11) is 0. The maximum atomic E-state index is 12.7. The smallest absolute Gasteiger partial charge is 0.328 e. The van der Waals surface area contributed by atoms with Crippen LogP contribution >= 0.6 is 0 Å². The third-order valence-corrected chi connectivity index (χ3v) is 5.98. The van der Waals surface area contributed by atoms with Gasteiger partial charge in [-0.3, -0.25) is 9.69 Å². The van der Waals surface area contributed by atoms with Crippen molar-refractivity contribution in [3.8, 4) is 5.75 Å². The quantitative estimate of drug-likeness (QED) is 0.318. The number of fused-ring (bicyclic) bond motifs is 1. The molecule has 0 saturated carbocycles. The molecule has 2 N–H and O–H groups in total. The van der Waals surface area contributed by atoms with Crippen molar-refractivity contribution >= 4 is 34.8 Å². The molecule has 37 heavy (non-hydrogen) atoms. The predicted octanol–water partition coefficient (Wildman–Crippen LogP) is 4.80. The first-order valence-electron chi connectivity index (χ1n) is 12.1. The van der Waals surface area contributed by atoms with Gasteiger partial charge in [0.1, 0.15) is 12.4 Å². The Balaban J connectivity index is 0.000000414. The van der Waals surface area contributed by atoms with Crippen LogP contribution in [0.4, 0.5) is 0 Å². The minimum absolute atomic E-state index is 0.00222. The molecule has 0 atom stereocenters. The molecule has 1 aromatic heterocycles. The number of aliphatic carboxylic acids is 2. The molecule has 1 fully saturated rings. The number of carboxylic acids is 2. The lowest BCUT2D eigenvalue weighted by Gasteiger charge is -2.17. The molecule has 0 amide bonds. The van der Waals surface area contributed by atoms with Gasteiger partial charge in [-0.05, 0) is 80.6 Å². The van der Waals surface area contributed by atoms with Gasteiger partial charge < -0.3 is 19.5 Å². The summed E-state index contributed by atoms with van der Waals surface area (Å²) >= 11 is 0. The van der Waals surface area contributed by atoms with E-state index in [1.54, 1.807) is 6.08 Å².